The van der Waals surface area contributed by atoms with E-state index >= 15 is 0 Å². The molecule has 0 radical (unpaired) electrons. The van der Waals surface area contributed by atoms with Gasteiger partial charge < -0.3 is 9.47 Å². The molecule has 166 valence electrons. The van der Waals surface area contributed by atoms with Gasteiger partial charge in [0.05, 0.1) is 35.2 Å². The molecule has 1 unspecified atom stereocenters. The molecule has 3 aliphatic heterocycles. The Labute approximate surface area is 195 Å². The molecule has 1 spiro atoms. The molecule has 1 atom stereocenters. The third kappa shape index (κ3) is 3.30. The van der Waals surface area contributed by atoms with E-state index in [-0.39, 0.29) is 22.1 Å². The van der Waals surface area contributed by atoms with Gasteiger partial charge in [0.25, 0.3) is 11.7 Å². The number of nitrogens with zero attached hydrogens (tertiary/aromatic N) is 3. The summed E-state index contributed by atoms with van der Waals surface area (Å²) in [6, 6.07) is 13.3. The predicted molar refractivity (Wildman–Crippen MR) is 126 cm³/mol. The van der Waals surface area contributed by atoms with E-state index in [0.29, 0.717) is 35.2 Å². The highest BCUT2D eigenvalue weighted by Gasteiger charge is 2.56. The first kappa shape index (κ1) is 21.6. The molecule has 2 aromatic rings. The summed E-state index contributed by atoms with van der Waals surface area (Å²) in [5, 5.41) is 12.3. The SMILES string of the molecule is C/C=S(\c1ccc2c(c1)C1(OCCCO1)C(=O)N2c1cccc(Cl)c1C#N)N1CCCC1. The van der Waals surface area contributed by atoms with E-state index < -0.39 is 5.79 Å². The Morgan fingerprint density at radius 3 is 2.56 bits per heavy atom. The van der Waals surface area contributed by atoms with Crippen molar-refractivity contribution in [2.75, 3.05) is 31.2 Å². The summed E-state index contributed by atoms with van der Waals surface area (Å²) in [4.78, 5) is 16.5. The van der Waals surface area contributed by atoms with Crippen molar-refractivity contribution < 1.29 is 14.3 Å². The van der Waals surface area contributed by atoms with E-state index in [4.69, 9.17) is 21.1 Å². The van der Waals surface area contributed by atoms with E-state index in [1.165, 1.54) is 17.7 Å². The number of rotatable bonds is 3. The maximum Gasteiger partial charge on any atom is 0.297 e. The zero-order chi connectivity index (χ0) is 22.3. The van der Waals surface area contributed by atoms with Gasteiger partial charge in [-0.15, -0.1) is 0 Å². The Morgan fingerprint density at radius 1 is 1.12 bits per heavy atom. The van der Waals surface area contributed by atoms with Crippen LogP contribution in [-0.4, -0.2) is 41.9 Å². The zero-order valence-electron chi connectivity index (χ0n) is 17.8. The molecule has 2 saturated heterocycles. The molecular weight excluding hydrogens is 446 g/mol. The van der Waals surface area contributed by atoms with Crippen LogP contribution < -0.4 is 4.90 Å². The fourth-order valence-electron chi connectivity index (χ4n) is 4.65. The van der Waals surface area contributed by atoms with Gasteiger partial charge in [-0.05, 0) is 61.9 Å². The van der Waals surface area contributed by atoms with Gasteiger partial charge in [-0.3, -0.25) is 14.0 Å². The van der Waals surface area contributed by atoms with E-state index in [1.807, 2.05) is 6.07 Å². The topological polar surface area (TPSA) is 65.8 Å². The highest BCUT2D eigenvalue weighted by Crippen LogP contribution is 2.51. The second kappa shape index (κ2) is 8.62. The summed E-state index contributed by atoms with van der Waals surface area (Å²) in [5.74, 6) is -1.84. The van der Waals surface area contributed by atoms with Crippen molar-refractivity contribution in [3.05, 3.63) is 52.5 Å². The molecule has 3 aliphatic rings. The third-order valence-corrected chi connectivity index (χ3v) is 8.52. The van der Waals surface area contributed by atoms with Crippen LogP contribution in [0.1, 0.15) is 37.3 Å². The number of carbonyl (C=O) groups is 1. The summed E-state index contributed by atoms with van der Waals surface area (Å²) >= 11 is 6.29. The Balaban J connectivity index is 1.68. The number of hydrogen-bond donors (Lipinski definition) is 0. The van der Waals surface area contributed by atoms with Gasteiger partial charge in [-0.1, -0.05) is 28.3 Å². The van der Waals surface area contributed by atoms with Gasteiger partial charge >= 0.3 is 0 Å². The fourth-order valence-corrected chi connectivity index (χ4v) is 6.83. The number of ether oxygens (including phenoxy) is 2. The molecule has 0 bridgehead atoms. The van der Waals surface area contributed by atoms with Crippen molar-refractivity contribution in [3.8, 4) is 6.07 Å². The number of fused-ring (bicyclic) bond motifs is 2. The van der Waals surface area contributed by atoms with Gasteiger partial charge in [-0.25, -0.2) is 0 Å². The van der Waals surface area contributed by atoms with Crippen LogP contribution in [0.15, 0.2) is 41.3 Å². The number of benzene rings is 2. The Morgan fingerprint density at radius 2 is 1.88 bits per heavy atom. The first-order chi connectivity index (χ1) is 15.6. The van der Waals surface area contributed by atoms with Gasteiger partial charge in [0.2, 0.25) is 0 Å². The summed E-state index contributed by atoms with van der Waals surface area (Å²) in [7, 11) is -0.166. The van der Waals surface area contributed by atoms with Crippen LogP contribution >= 0.6 is 22.3 Å². The maximum absolute atomic E-state index is 13.8. The third-order valence-electron chi connectivity index (χ3n) is 6.10. The number of halogens is 1. The van der Waals surface area contributed by atoms with Crippen LogP contribution in [0.5, 0.6) is 0 Å². The highest BCUT2D eigenvalue weighted by atomic mass is 35.5. The van der Waals surface area contributed by atoms with E-state index in [1.54, 1.807) is 18.2 Å². The van der Waals surface area contributed by atoms with E-state index in [9.17, 15) is 10.1 Å². The second-order valence-corrected chi connectivity index (χ2v) is 10.4. The molecule has 1 amide bonds. The van der Waals surface area contributed by atoms with Crippen molar-refractivity contribution in [1.29, 1.82) is 5.26 Å². The van der Waals surface area contributed by atoms with Crippen molar-refractivity contribution in [2.24, 2.45) is 0 Å². The Bertz CT molecular complexity index is 1150. The minimum absolute atomic E-state index is 0.166. The molecule has 0 aliphatic carbocycles. The van der Waals surface area contributed by atoms with Crippen molar-refractivity contribution in [1.82, 2.24) is 4.31 Å². The smallest absolute Gasteiger partial charge is 0.297 e. The van der Waals surface area contributed by atoms with E-state index in [0.717, 1.165) is 24.4 Å². The lowest BCUT2D eigenvalue weighted by Gasteiger charge is -2.33. The Hall–Kier alpha value is -2.21. The molecule has 32 heavy (non-hydrogen) atoms. The number of hydrogen-bond acceptors (Lipinski definition) is 5. The minimum Gasteiger partial charge on any atom is -0.338 e. The maximum atomic E-state index is 13.8. The average molecular weight is 470 g/mol. The molecule has 3 heterocycles. The molecular formula is C24H24ClN3O3S. The fraction of sp³-hybridized carbons (Fsp3) is 0.375. The van der Waals surface area contributed by atoms with Crippen molar-refractivity contribution >= 4 is 44.9 Å². The predicted octanol–water partition coefficient (Wildman–Crippen LogP) is 4.94. The normalized spacial score (nSPS) is 21.2. The quantitative estimate of drug-likeness (QED) is 0.595. The minimum atomic E-state index is -1.49. The van der Waals surface area contributed by atoms with E-state index in [2.05, 4.69) is 34.8 Å². The summed E-state index contributed by atoms with van der Waals surface area (Å²) in [6.45, 7) is 5.09. The van der Waals surface area contributed by atoms with Crippen LogP contribution in [-0.2, 0) is 20.1 Å². The van der Waals surface area contributed by atoms with Gasteiger partial charge in [-0.2, -0.15) is 5.26 Å². The van der Waals surface area contributed by atoms with Gasteiger partial charge in [0, 0.05) is 23.5 Å². The molecule has 0 N–H and O–H groups in total. The van der Waals surface area contributed by atoms with Crippen LogP contribution in [0.3, 0.4) is 0 Å². The Kier molecular flexibility index (Phi) is 5.82. The standard InChI is InChI=1S/C24H24ClN3O3S/c1-2-32(27-11-3-4-12-27)17-9-10-22-19(15-17)24(30-13-6-14-31-24)23(29)28(22)21-8-5-7-20(25)18(21)16-26/h2,5,7-10,15H,3-4,6,11-14H2,1H3. The molecule has 0 saturated carbocycles. The van der Waals surface area contributed by atoms with Crippen LogP contribution in [0, 0.1) is 11.3 Å². The molecule has 8 heteroatoms. The molecule has 6 nitrogen and oxygen atoms in total. The number of amides is 1. The number of carbonyl (C=O) groups excluding carboxylic acids is 1. The van der Waals surface area contributed by atoms with Gasteiger partial charge in [0.15, 0.2) is 0 Å². The summed E-state index contributed by atoms with van der Waals surface area (Å²) in [5.41, 5.74) is 2.06. The molecule has 5 rings (SSSR count). The molecule has 2 aromatic carbocycles. The summed E-state index contributed by atoms with van der Waals surface area (Å²) in [6.07, 6.45) is 3.14. The summed E-state index contributed by atoms with van der Waals surface area (Å²) < 4.78 is 14.6. The van der Waals surface area contributed by atoms with Crippen LogP contribution in [0.2, 0.25) is 5.02 Å². The lowest BCUT2D eigenvalue weighted by molar-refractivity contribution is -0.256. The highest BCUT2D eigenvalue weighted by molar-refractivity contribution is 8.13. The second-order valence-electron chi connectivity index (χ2n) is 7.92. The van der Waals surface area contributed by atoms with Crippen LogP contribution in [0.4, 0.5) is 11.4 Å². The lowest BCUT2D eigenvalue weighted by Crippen LogP contribution is -2.46. The largest absolute Gasteiger partial charge is 0.338 e. The lowest BCUT2D eigenvalue weighted by atomic mass is 10.1. The van der Waals surface area contributed by atoms with Crippen molar-refractivity contribution in [2.45, 2.75) is 36.9 Å². The monoisotopic (exact) mass is 469 g/mol. The first-order valence-electron chi connectivity index (χ1n) is 10.8. The number of nitriles is 1. The van der Waals surface area contributed by atoms with Crippen LogP contribution in [0.25, 0.3) is 0 Å². The van der Waals surface area contributed by atoms with Crippen molar-refractivity contribution in [3.63, 3.8) is 0 Å². The van der Waals surface area contributed by atoms with Gasteiger partial charge in [0.1, 0.15) is 6.07 Å². The molecule has 0 aromatic heterocycles. The number of anilines is 2. The first-order valence-corrected chi connectivity index (χ1v) is 12.5. The zero-order valence-corrected chi connectivity index (χ0v) is 19.4. The molecule has 2 fully saturated rings. The average Bonchev–Trinajstić information content (AvgIpc) is 3.42.